The average molecular weight is 427 g/mol. The van der Waals surface area contributed by atoms with Crippen molar-refractivity contribution in [3.8, 4) is 0 Å². The molecule has 0 bridgehead atoms. The largest absolute Gasteiger partial charge is 0.383 e. The summed E-state index contributed by atoms with van der Waals surface area (Å²) in [5.74, 6) is 0. The number of piperazine rings is 2. The van der Waals surface area contributed by atoms with Crippen LogP contribution in [0.4, 0.5) is 0 Å². The molecule has 5 heteroatoms. The zero-order valence-electron chi connectivity index (χ0n) is 21.4. The van der Waals surface area contributed by atoms with Crippen molar-refractivity contribution in [3.63, 3.8) is 0 Å². The van der Waals surface area contributed by atoms with E-state index in [1.807, 2.05) is 0 Å². The van der Waals surface area contributed by atoms with Crippen LogP contribution in [0.2, 0.25) is 0 Å². The number of unbranched alkanes of at least 4 members (excludes halogenated alkanes) is 2. The highest BCUT2D eigenvalue weighted by molar-refractivity contribution is 4.74. The molecule has 2 rings (SSSR count). The Morgan fingerprint density at radius 3 is 1.63 bits per heavy atom. The lowest BCUT2D eigenvalue weighted by Gasteiger charge is -2.35. The maximum atomic E-state index is 5.10. The molecule has 5 nitrogen and oxygen atoms in total. The molecule has 0 atom stereocenters. The minimum atomic E-state index is 0.530. The molecule has 0 aromatic heterocycles. The van der Waals surface area contributed by atoms with Gasteiger partial charge in [0, 0.05) is 66.0 Å². The third-order valence-corrected chi connectivity index (χ3v) is 7.13. The van der Waals surface area contributed by atoms with E-state index in [1.165, 1.54) is 104 Å². The summed E-state index contributed by atoms with van der Waals surface area (Å²) in [6.07, 6.45) is 6.71. The van der Waals surface area contributed by atoms with Crippen molar-refractivity contribution < 1.29 is 4.74 Å². The number of likely N-dealkylation sites (N-methyl/N-ethyl adjacent to an activating group) is 1. The lowest BCUT2D eigenvalue weighted by Crippen LogP contribution is -2.47. The Morgan fingerprint density at radius 1 is 0.667 bits per heavy atom. The number of ether oxygens (including phenoxy) is 1. The fraction of sp³-hybridized carbons (Fsp3) is 1.00. The predicted octanol–water partition coefficient (Wildman–Crippen LogP) is 3.89. The minimum Gasteiger partial charge on any atom is -0.383 e. The zero-order chi connectivity index (χ0) is 22.2. The van der Waals surface area contributed by atoms with Gasteiger partial charge in [0.05, 0.1) is 6.61 Å². The maximum Gasteiger partial charge on any atom is 0.0589 e. The summed E-state index contributed by atoms with van der Waals surface area (Å²) >= 11 is 0. The lowest BCUT2D eigenvalue weighted by molar-refractivity contribution is 0.0962. The van der Waals surface area contributed by atoms with E-state index in [0.717, 1.165) is 13.2 Å². The van der Waals surface area contributed by atoms with Gasteiger partial charge in [-0.2, -0.15) is 0 Å². The molecule has 30 heavy (non-hydrogen) atoms. The van der Waals surface area contributed by atoms with Crippen molar-refractivity contribution in [3.05, 3.63) is 0 Å². The van der Waals surface area contributed by atoms with Gasteiger partial charge in [0.2, 0.25) is 0 Å². The van der Waals surface area contributed by atoms with Crippen molar-refractivity contribution in [1.29, 1.82) is 0 Å². The Bertz CT molecular complexity index is 389. The molecule has 0 saturated carbocycles. The van der Waals surface area contributed by atoms with Gasteiger partial charge in [0.25, 0.3) is 0 Å². The second kappa shape index (κ2) is 16.4. The average Bonchev–Trinajstić information content (AvgIpc) is 2.78. The van der Waals surface area contributed by atoms with Crippen molar-refractivity contribution in [2.45, 2.75) is 66.7 Å². The van der Waals surface area contributed by atoms with Gasteiger partial charge in [0.1, 0.15) is 0 Å². The van der Waals surface area contributed by atoms with Crippen molar-refractivity contribution >= 4 is 0 Å². The lowest BCUT2D eigenvalue weighted by atomic mass is 9.86. The molecule has 0 aliphatic carbocycles. The van der Waals surface area contributed by atoms with Crippen molar-refractivity contribution in [2.24, 2.45) is 5.41 Å². The van der Waals surface area contributed by atoms with Gasteiger partial charge >= 0.3 is 0 Å². The summed E-state index contributed by atoms with van der Waals surface area (Å²) in [7, 11) is 1.78. The number of hydrogen-bond acceptors (Lipinski definition) is 5. The van der Waals surface area contributed by atoms with Gasteiger partial charge in [-0.3, -0.25) is 4.90 Å². The van der Waals surface area contributed by atoms with Crippen LogP contribution in [-0.2, 0) is 4.74 Å². The number of rotatable bonds is 12. The summed E-state index contributed by atoms with van der Waals surface area (Å²) in [6, 6.07) is 0. The van der Waals surface area contributed by atoms with Gasteiger partial charge in [0.15, 0.2) is 0 Å². The predicted molar refractivity (Wildman–Crippen MR) is 132 cm³/mol. The SMILES string of the molecule is CCCCCN1CCN(CCOC)CC1.CCN1CCN(CCC(C)(C)CC)CC1. The van der Waals surface area contributed by atoms with Crippen LogP contribution in [0.5, 0.6) is 0 Å². The molecule has 0 N–H and O–H groups in total. The van der Waals surface area contributed by atoms with Crippen LogP contribution >= 0.6 is 0 Å². The summed E-state index contributed by atoms with van der Waals surface area (Å²) in [6.45, 7) is 27.4. The summed E-state index contributed by atoms with van der Waals surface area (Å²) in [5.41, 5.74) is 0.530. The smallest absolute Gasteiger partial charge is 0.0589 e. The summed E-state index contributed by atoms with van der Waals surface area (Å²) in [4.78, 5) is 10.3. The van der Waals surface area contributed by atoms with Gasteiger partial charge < -0.3 is 19.4 Å². The molecule has 0 amide bonds. The van der Waals surface area contributed by atoms with Crippen LogP contribution in [0.3, 0.4) is 0 Å². The molecule has 0 aromatic rings. The fourth-order valence-corrected chi connectivity index (χ4v) is 4.01. The van der Waals surface area contributed by atoms with Gasteiger partial charge in [-0.25, -0.2) is 0 Å². The molecule has 0 aromatic carbocycles. The Balaban J connectivity index is 0.000000300. The fourth-order valence-electron chi connectivity index (χ4n) is 4.01. The van der Waals surface area contributed by atoms with E-state index < -0.39 is 0 Å². The molecular weight excluding hydrogens is 372 g/mol. The van der Waals surface area contributed by atoms with Crippen LogP contribution in [0.15, 0.2) is 0 Å². The van der Waals surface area contributed by atoms with E-state index >= 15 is 0 Å². The highest BCUT2D eigenvalue weighted by atomic mass is 16.5. The van der Waals surface area contributed by atoms with E-state index in [4.69, 9.17) is 4.74 Å². The monoisotopic (exact) mass is 426 g/mol. The van der Waals surface area contributed by atoms with Crippen LogP contribution in [0.25, 0.3) is 0 Å². The highest BCUT2D eigenvalue weighted by Gasteiger charge is 2.20. The minimum absolute atomic E-state index is 0.530. The number of methoxy groups -OCH3 is 1. The van der Waals surface area contributed by atoms with Crippen LogP contribution < -0.4 is 0 Å². The molecule has 180 valence electrons. The Morgan fingerprint density at radius 2 is 1.17 bits per heavy atom. The second-order valence-electron chi connectivity index (χ2n) is 9.93. The molecular formula is C25H54N4O. The Labute approximate surface area is 189 Å². The highest BCUT2D eigenvalue weighted by Crippen LogP contribution is 2.24. The van der Waals surface area contributed by atoms with E-state index in [2.05, 4.69) is 54.2 Å². The first-order chi connectivity index (χ1) is 14.4. The Kier molecular flexibility index (Phi) is 15.2. The van der Waals surface area contributed by atoms with Crippen LogP contribution in [-0.4, -0.2) is 112 Å². The van der Waals surface area contributed by atoms with Crippen molar-refractivity contribution in [2.75, 3.05) is 92.3 Å². The maximum absolute atomic E-state index is 5.10. The van der Waals surface area contributed by atoms with E-state index in [9.17, 15) is 0 Å². The van der Waals surface area contributed by atoms with Gasteiger partial charge in [-0.05, 0) is 37.9 Å². The van der Waals surface area contributed by atoms with E-state index in [-0.39, 0.29) is 0 Å². The normalized spacial score (nSPS) is 20.2. The first-order valence-electron chi connectivity index (χ1n) is 12.8. The topological polar surface area (TPSA) is 22.2 Å². The summed E-state index contributed by atoms with van der Waals surface area (Å²) in [5, 5.41) is 0. The van der Waals surface area contributed by atoms with Gasteiger partial charge in [-0.1, -0.05) is 53.9 Å². The second-order valence-corrected chi connectivity index (χ2v) is 9.93. The molecule has 2 aliphatic heterocycles. The van der Waals surface area contributed by atoms with E-state index in [1.54, 1.807) is 7.11 Å². The molecule has 2 fully saturated rings. The third-order valence-electron chi connectivity index (χ3n) is 7.13. The molecule has 0 unspecified atom stereocenters. The van der Waals surface area contributed by atoms with Crippen molar-refractivity contribution in [1.82, 2.24) is 19.6 Å². The Hall–Kier alpha value is -0.200. The van der Waals surface area contributed by atoms with Gasteiger partial charge in [-0.15, -0.1) is 0 Å². The third kappa shape index (κ3) is 12.6. The number of hydrogen-bond donors (Lipinski definition) is 0. The molecule has 0 radical (unpaired) electrons. The molecule has 0 spiro atoms. The standard InChI is InChI=1S/C13H28N2.C12H26N2O/c1-5-13(3,4)7-8-15-11-9-14(6-2)10-12-15;1-3-4-5-6-13-7-9-14(10-8-13)11-12-15-2/h5-12H2,1-4H3;3-12H2,1-2H3. The molecule has 2 saturated heterocycles. The molecule has 2 aliphatic rings. The molecule has 2 heterocycles. The van der Waals surface area contributed by atoms with Crippen LogP contribution in [0, 0.1) is 5.41 Å². The first-order valence-corrected chi connectivity index (χ1v) is 12.8. The zero-order valence-corrected chi connectivity index (χ0v) is 21.4. The van der Waals surface area contributed by atoms with E-state index in [0.29, 0.717) is 5.41 Å². The number of nitrogens with zero attached hydrogens (tertiary/aromatic N) is 4. The summed E-state index contributed by atoms with van der Waals surface area (Å²) < 4.78 is 5.10. The van der Waals surface area contributed by atoms with Crippen LogP contribution in [0.1, 0.15) is 66.7 Å². The first kappa shape index (κ1) is 27.8. The quantitative estimate of drug-likeness (QED) is 0.440.